The number of carbonyl (C=O) groups is 2. The monoisotopic (exact) mass is 405 g/mol. The number of hydrogen-bond donors (Lipinski definition) is 1. The molecule has 0 fully saturated rings. The first-order chi connectivity index (χ1) is 14.5. The summed E-state index contributed by atoms with van der Waals surface area (Å²) in [6.45, 7) is 0.782. The van der Waals surface area contributed by atoms with Crippen LogP contribution in [0.2, 0.25) is 0 Å². The molecule has 30 heavy (non-hydrogen) atoms. The zero-order valence-corrected chi connectivity index (χ0v) is 16.7. The van der Waals surface area contributed by atoms with Gasteiger partial charge in [0.2, 0.25) is 5.91 Å². The summed E-state index contributed by atoms with van der Waals surface area (Å²) in [5.41, 5.74) is 3.54. The fourth-order valence-electron chi connectivity index (χ4n) is 3.80. The van der Waals surface area contributed by atoms with Gasteiger partial charge >= 0.3 is 5.97 Å². The van der Waals surface area contributed by atoms with Gasteiger partial charge in [0, 0.05) is 18.7 Å². The van der Waals surface area contributed by atoms with E-state index in [0.29, 0.717) is 6.54 Å². The van der Waals surface area contributed by atoms with E-state index in [0.717, 1.165) is 28.3 Å². The number of rotatable bonds is 6. The van der Waals surface area contributed by atoms with Crippen molar-refractivity contribution in [2.45, 2.75) is 32.0 Å². The first-order valence-corrected chi connectivity index (χ1v) is 9.77. The molecule has 0 radical (unpaired) electrons. The van der Waals surface area contributed by atoms with Crippen LogP contribution in [-0.4, -0.2) is 44.6 Å². The van der Waals surface area contributed by atoms with Crippen molar-refractivity contribution in [3.05, 3.63) is 83.4 Å². The molecule has 1 aromatic heterocycles. The molecule has 0 saturated carbocycles. The topological polar surface area (TPSA) is 84.7 Å². The number of imidazole rings is 1. The first kappa shape index (κ1) is 19.7. The Morgan fingerprint density at radius 2 is 1.83 bits per heavy atom. The van der Waals surface area contributed by atoms with Crippen LogP contribution in [0.15, 0.2) is 60.9 Å². The Hall–Kier alpha value is -3.61. The van der Waals surface area contributed by atoms with Crippen LogP contribution >= 0.6 is 0 Å². The summed E-state index contributed by atoms with van der Waals surface area (Å²) in [7, 11) is 1.62. The summed E-state index contributed by atoms with van der Waals surface area (Å²) < 4.78 is 7.15. The van der Waals surface area contributed by atoms with Crippen molar-refractivity contribution in [2.24, 2.45) is 0 Å². The Morgan fingerprint density at radius 3 is 2.50 bits per heavy atom. The number of fused-ring (bicyclic) bond motifs is 1. The first-order valence-electron chi connectivity index (χ1n) is 9.77. The van der Waals surface area contributed by atoms with Crippen molar-refractivity contribution < 1.29 is 19.4 Å². The lowest BCUT2D eigenvalue weighted by Crippen LogP contribution is -2.49. The zero-order valence-electron chi connectivity index (χ0n) is 16.7. The second-order valence-corrected chi connectivity index (χ2v) is 7.36. The molecule has 2 aromatic carbocycles. The Morgan fingerprint density at radius 1 is 1.10 bits per heavy atom. The molecule has 1 aliphatic heterocycles. The molecule has 0 saturated heterocycles. The van der Waals surface area contributed by atoms with E-state index >= 15 is 0 Å². The minimum atomic E-state index is -1.00. The van der Waals surface area contributed by atoms with Gasteiger partial charge in [0.15, 0.2) is 0 Å². The highest BCUT2D eigenvalue weighted by molar-refractivity contribution is 5.85. The summed E-state index contributed by atoms with van der Waals surface area (Å²) in [5, 5.41) is 9.79. The molecule has 154 valence electrons. The van der Waals surface area contributed by atoms with Gasteiger partial charge in [0.05, 0.1) is 32.1 Å². The molecule has 0 bridgehead atoms. The van der Waals surface area contributed by atoms with Crippen LogP contribution in [0.25, 0.3) is 0 Å². The summed E-state index contributed by atoms with van der Waals surface area (Å²) in [4.78, 5) is 30.7. The lowest BCUT2D eigenvalue weighted by molar-refractivity contribution is -0.151. The van der Waals surface area contributed by atoms with Crippen LogP contribution in [0.5, 0.6) is 5.75 Å². The predicted molar refractivity (Wildman–Crippen MR) is 110 cm³/mol. The number of ether oxygens (including phenoxy) is 1. The predicted octanol–water partition coefficient (Wildman–Crippen LogP) is 2.52. The van der Waals surface area contributed by atoms with E-state index in [1.54, 1.807) is 13.4 Å². The van der Waals surface area contributed by atoms with Gasteiger partial charge in [-0.25, -0.2) is 9.78 Å². The van der Waals surface area contributed by atoms with E-state index in [-0.39, 0.29) is 25.3 Å². The number of hydrogen-bond acceptors (Lipinski definition) is 4. The maximum absolute atomic E-state index is 12.9. The normalized spacial score (nSPS) is 15.5. The lowest BCUT2D eigenvalue weighted by atomic mass is 10.0. The second kappa shape index (κ2) is 8.41. The van der Waals surface area contributed by atoms with E-state index < -0.39 is 12.0 Å². The van der Waals surface area contributed by atoms with Crippen molar-refractivity contribution in [1.82, 2.24) is 14.5 Å². The SMILES string of the molecule is COc1ccc(Cn2cnc3c2C[C@@H](C(=O)O)N(C(=O)Cc2ccccc2)C3)cc1. The van der Waals surface area contributed by atoms with Gasteiger partial charge < -0.3 is 19.3 Å². The fourth-order valence-corrected chi connectivity index (χ4v) is 3.80. The number of benzene rings is 2. The van der Waals surface area contributed by atoms with Crippen LogP contribution < -0.4 is 4.74 Å². The molecule has 3 aromatic rings. The number of amides is 1. The number of aliphatic carboxylic acids is 1. The second-order valence-electron chi connectivity index (χ2n) is 7.36. The average molecular weight is 405 g/mol. The van der Waals surface area contributed by atoms with Gasteiger partial charge in [-0.15, -0.1) is 0 Å². The molecule has 0 spiro atoms. The molecule has 1 aliphatic rings. The maximum Gasteiger partial charge on any atom is 0.326 e. The van der Waals surface area contributed by atoms with Crippen LogP contribution in [-0.2, 0) is 35.5 Å². The van der Waals surface area contributed by atoms with Gasteiger partial charge in [-0.05, 0) is 23.3 Å². The smallest absolute Gasteiger partial charge is 0.326 e. The highest BCUT2D eigenvalue weighted by Gasteiger charge is 2.36. The highest BCUT2D eigenvalue weighted by atomic mass is 16.5. The summed E-state index contributed by atoms with van der Waals surface area (Å²) in [6, 6.07) is 16.2. The Balaban J connectivity index is 1.55. The number of carboxylic acid groups (broad SMARTS) is 1. The Labute approximate surface area is 174 Å². The van der Waals surface area contributed by atoms with Crippen molar-refractivity contribution in [3.63, 3.8) is 0 Å². The van der Waals surface area contributed by atoms with E-state index in [1.165, 1.54) is 4.90 Å². The molecule has 1 atom stereocenters. The van der Waals surface area contributed by atoms with Crippen LogP contribution in [0, 0.1) is 0 Å². The van der Waals surface area contributed by atoms with Gasteiger partial charge in [0.1, 0.15) is 11.8 Å². The quantitative estimate of drug-likeness (QED) is 0.681. The number of carboxylic acids is 1. The molecule has 1 N–H and O–H groups in total. The Kier molecular flexibility index (Phi) is 5.52. The van der Waals surface area contributed by atoms with Gasteiger partial charge in [-0.3, -0.25) is 4.79 Å². The highest BCUT2D eigenvalue weighted by Crippen LogP contribution is 2.25. The van der Waals surface area contributed by atoms with Gasteiger partial charge in [0.25, 0.3) is 0 Å². The zero-order chi connectivity index (χ0) is 21.1. The minimum Gasteiger partial charge on any atom is -0.497 e. The maximum atomic E-state index is 12.9. The van der Waals surface area contributed by atoms with Crippen LogP contribution in [0.1, 0.15) is 22.5 Å². The molecule has 4 rings (SSSR count). The van der Waals surface area contributed by atoms with Crippen molar-refractivity contribution in [3.8, 4) is 5.75 Å². The van der Waals surface area contributed by atoms with Crippen molar-refractivity contribution in [2.75, 3.05) is 7.11 Å². The third-order valence-corrected chi connectivity index (χ3v) is 5.43. The molecule has 0 aliphatic carbocycles. The van der Waals surface area contributed by atoms with E-state index in [9.17, 15) is 14.7 Å². The number of methoxy groups -OCH3 is 1. The largest absolute Gasteiger partial charge is 0.497 e. The van der Waals surface area contributed by atoms with Gasteiger partial charge in [-0.1, -0.05) is 42.5 Å². The minimum absolute atomic E-state index is 0.173. The molecule has 0 unspecified atom stereocenters. The number of carbonyl (C=O) groups excluding carboxylic acids is 1. The van der Waals surface area contributed by atoms with Crippen molar-refractivity contribution >= 4 is 11.9 Å². The molecule has 1 amide bonds. The summed E-state index contributed by atoms with van der Waals surface area (Å²) in [6.07, 6.45) is 2.13. The fraction of sp³-hybridized carbons (Fsp3) is 0.261. The van der Waals surface area contributed by atoms with Crippen LogP contribution in [0.3, 0.4) is 0 Å². The molecular formula is C23H23N3O4. The van der Waals surface area contributed by atoms with Crippen molar-refractivity contribution in [1.29, 1.82) is 0 Å². The average Bonchev–Trinajstić information content (AvgIpc) is 3.15. The van der Waals surface area contributed by atoms with E-state index in [2.05, 4.69) is 4.98 Å². The molecule has 2 heterocycles. The van der Waals surface area contributed by atoms with Crippen LogP contribution in [0.4, 0.5) is 0 Å². The van der Waals surface area contributed by atoms with E-state index in [1.807, 2.05) is 59.2 Å². The standard InChI is InChI=1S/C23H23N3O4/c1-30-18-9-7-17(8-10-18)13-25-15-24-19-14-26(21(23(28)29)12-20(19)25)22(27)11-16-5-3-2-4-6-16/h2-10,15,21H,11-14H2,1H3,(H,28,29)/t21-/m0/s1. The Bertz CT molecular complexity index is 1040. The molecule has 7 nitrogen and oxygen atoms in total. The third kappa shape index (κ3) is 4.05. The lowest BCUT2D eigenvalue weighted by Gasteiger charge is -2.33. The third-order valence-electron chi connectivity index (χ3n) is 5.43. The summed E-state index contributed by atoms with van der Waals surface area (Å²) >= 11 is 0. The summed E-state index contributed by atoms with van der Waals surface area (Å²) in [5.74, 6) is -0.423. The number of aromatic nitrogens is 2. The molecule has 7 heteroatoms. The van der Waals surface area contributed by atoms with E-state index in [4.69, 9.17) is 4.74 Å². The molecular weight excluding hydrogens is 382 g/mol. The van der Waals surface area contributed by atoms with Gasteiger partial charge in [-0.2, -0.15) is 0 Å². The number of nitrogens with zero attached hydrogens (tertiary/aromatic N) is 3.